The molecule has 1 fully saturated rings. The number of aryl methyl sites for hydroxylation is 1. The van der Waals surface area contributed by atoms with Gasteiger partial charge < -0.3 is 19.7 Å². The Morgan fingerprint density at radius 1 is 1.29 bits per heavy atom. The molecule has 1 heterocycles. The Morgan fingerprint density at radius 3 is 2.46 bits per heavy atom. The first kappa shape index (κ1) is 21.2. The van der Waals surface area contributed by atoms with Gasteiger partial charge in [-0.1, -0.05) is 29.8 Å². The lowest BCUT2D eigenvalue weighted by atomic mass is 9.94. The number of nitrogens with zero attached hydrogens (tertiary/aromatic N) is 2. The Morgan fingerprint density at radius 2 is 1.92 bits per heavy atom. The molecule has 0 bridgehead atoms. The van der Waals surface area contributed by atoms with Crippen LogP contribution in [0.1, 0.15) is 24.0 Å². The quantitative estimate of drug-likeness (QED) is 0.429. The van der Waals surface area contributed by atoms with Crippen molar-refractivity contribution < 1.29 is 9.47 Å². The van der Waals surface area contributed by atoms with E-state index in [0.717, 1.165) is 45.1 Å². The lowest BCUT2D eigenvalue weighted by molar-refractivity contribution is -0.0857. The van der Waals surface area contributed by atoms with Crippen molar-refractivity contribution in [1.82, 2.24) is 10.2 Å². The van der Waals surface area contributed by atoms with Crippen molar-refractivity contribution >= 4 is 29.9 Å². The van der Waals surface area contributed by atoms with E-state index in [9.17, 15) is 0 Å². The van der Waals surface area contributed by atoms with Crippen LogP contribution in [0.4, 0.5) is 0 Å². The number of aliphatic imine (C=N–C) groups is 1. The third kappa shape index (κ3) is 5.89. The highest BCUT2D eigenvalue weighted by molar-refractivity contribution is 14.0. The fourth-order valence-electron chi connectivity index (χ4n) is 2.86. The van der Waals surface area contributed by atoms with E-state index in [1.807, 2.05) is 7.05 Å². The first-order valence-corrected chi connectivity index (χ1v) is 8.19. The zero-order chi connectivity index (χ0) is 16.7. The second-order valence-corrected chi connectivity index (χ2v) is 6.24. The minimum absolute atomic E-state index is 0. The summed E-state index contributed by atoms with van der Waals surface area (Å²) in [6, 6.07) is 8.60. The summed E-state index contributed by atoms with van der Waals surface area (Å²) in [5.74, 6) is 0.883. The second-order valence-electron chi connectivity index (χ2n) is 6.24. The number of guanidine groups is 1. The molecule has 136 valence electrons. The van der Waals surface area contributed by atoms with Crippen LogP contribution in [0.15, 0.2) is 29.3 Å². The molecule has 1 saturated heterocycles. The van der Waals surface area contributed by atoms with E-state index >= 15 is 0 Å². The maximum absolute atomic E-state index is 5.77. The summed E-state index contributed by atoms with van der Waals surface area (Å²) >= 11 is 0. The second kappa shape index (κ2) is 10.2. The Kier molecular flexibility index (Phi) is 9.01. The highest BCUT2D eigenvalue weighted by atomic mass is 127. The summed E-state index contributed by atoms with van der Waals surface area (Å²) in [5.41, 5.74) is 2.40. The first-order chi connectivity index (χ1) is 11.1. The average molecular weight is 447 g/mol. The van der Waals surface area contributed by atoms with Gasteiger partial charge in [-0.2, -0.15) is 0 Å². The molecule has 1 aliphatic heterocycles. The van der Waals surface area contributed by atoms with Gasteiger partial charge in [0, 0.05) is 60.4 Å². The summed E-state index contributed by atoms with van der Waals surface area (Å²) in [7, 11) is 5.65. The van der Waals surface area contributed by atoms with E-state index in [2.05, 4.69) is 53.4 Å². The van der Waals surface area contributed by atoms with Crippen LogP contribution < -0.4 is 5.32 Å². The Bertz CT molecular complexity index is 514. The van der Waals surface area contributed by atoms with E-state index in [4.69, 9.17) is 9.47 Å². The predicted molar refractivity (Wildman–Crippen MR) is 109 cm³/mol. The summed E-state index contributed by atoms with van der Waals surface area (Å²) < 4.78 is 11.2. The van der Waals surface area contributed by atoms with Crippen molar-refractivity contribution in [1.29, 1.82) is 0 Å². The molecule has 0 aliphatic carbocycles. The maximum atomic E-state index is 5.77. The van der Waals surface area contributed by atoms with Crippen LogP contribution in [0.25, 0.3) is 0 Å². The molecule has 0 saturated carbocycles. The monoisotopic (exact) mass is 447 g/mol. The number of nitrogens with one attached hydrogen (secondary N) is 1. The molecular weight excluding hydrogens is 417 g/mol. The van der Waals surface area contributed by atoms with Gasteiger partial charge in [-0.3, -0.25) is 4.99 Å². The SMILES string of the molecule is CN=C(NCC1(OC)CCOCC1)N(C)Cc1ccc(C)cc1.I. The van der Waals surface area contributed by atoms with Gasteiger partial charge in [-0.15, -0.1) is 24.0 Å². The van der Waals surface area contributed by atoms with Gasteiger partial charge in [0.05, 0.1) is 5.60 Å². The number of hydrogen-bond acceptors (Lipinski definition) is 3. The fourth-order valence-corrected chi connectivity index (χ4v) is 2.86. The molecule has 1 N–H and O–H groups in total. The normalized spacial score (nSPS) is 17.1. The molecule has 0 atom stereocenters. The fraction of sp³-hybridized carbons (Fsp3) is 0.611. The van der Waals surface area contributed by atoms with E-state index in [1.54, 1.807) is 7.11 Å². The topological polar surface area (TPSA) is 46.1 Å². The van der Waals surface area contributed by atoms with Gasteiger partial charge in [-0.05, 0) is 12.5 Å². The molecule has 1 aliphatic rings. The molecule has 1 aromatic carbocycles. The Hall–Kier alpha value is -0.860. The zero-order valence-electron chi connectivity index (χ0n) is 15.2. The molecule has 2 rings (SSSR count). The van der Waals surface area contributed by atoms with E-state index in [-0.39, 0.29) is 29.6 Å². The number of hydrogen-bond donors (Lipinski definition) is 1. The molecular formula is C18H30IN3O2. The van der Waals surface area contributed by atoms with Crippen molar-refractivity contribution in [3.8, 4) is 0 Å². The number of benzene rings is 1. The largest absolute Gasteiger partial charge is 0.381 e. The van der Waals surface area contributed by atoms with Crippen molar-refractivity contribution in [3.05, 3.63) is 35.4 Å². The van der Waals surface area contributed by atoms with Crippen LogP contribution in [0, 0.1) is 6.92 Å². The van der Waals surface area contributed by atoms with E-state index in [1.165, 1.54) is 11.1 Å². The van der Waals surface area contributed by atoms with Crippen LogP contribution >= 0.6 is 24.0 Å². The predicted octanol–water partition coefficient (Wildman–Crippen LogP) is 2.82. The van der Waals surface area contributed by atoms with E-state index in [0.29, 0.717) is 0 Å². The molecule has 0 aromatic heterocycles. The van der Waals surface area contributed by atoms with Gasteiger partial charge in [0.15, 0.2) is 5.96 Å². The molecule has 24 heavy (non-hydrogen) atoms. The molecule has 0 spiro atoms. The van der Waals surface area contributed by atoms with Gasteiger partial charge in [0.1, 0.15) is 0 Å². The smallest absolute Gasteiger partial charge is 0.193 e. The molecule has 6 heteroatoms. The van der Waals surface area contributed by atoms with Crippen LogP contribution in [0.2, 0.25) is 0 Å². The van der Waals surface area contributed by atoms with Crippen LogP contribution in [-0.4, -0.2) is 57.4 Å². The van der Waals surface area contributed by atoms with Crippen molar-refractivity contribution in [2.24, 2.45) is 4.99 Å². The molecule has 0 amide bonds. The molecule has 0 unspecified atom stereocenters. The van der Waals surface area contributed by atoms with Gasteiger partial charge in [0.2, 0.25) is 0 Å². The lowest BCUT2D eigenvalue weighted by Gasteiger charge is -2.37. The molecule has 5 nitrogen and oxygen atoms in total. The zero-order valence-corrected chi connectivity index (χ0v) is 17.5. The van der Waals surface area contributed by atoms with Crippen molar-refractivity contribution in [3.63, 3.8) is 0 Å². The third-order valence-electron chi connectivity index (χ3n) is 4.52. The number of methoxy groups -OCH3 is 1. The summed E-state index contributed by atoms with van der Waals surface area (Å²) in [6.07, 6.45) is 1.82. The Labute approximate surface area is 162 Å². The summed E-state index contributed by atoms with van der Waals surface area (Å²) in [6.45, 7) is 5.19. The van der Waals surface area contributed by atoms with Gasteiger partial charge in [0.25, 0.3) is 0 Å². The lowest BCUT2D eigenvalue weighted by Crippen LogP contribution is -2.50. The number of rotatable bonds is 5. The van der Waals surface area contributed by atoms with E-state index < -0.39 is 0 Å². The minimum Gasteiger partial charge on any atom is -0.381 e. The van der Waals surface area contributed by atoms with Crippen LogP contribution in [0.3, 0.4) is 0 Å². The van der Waals surface area contributed by atoms with Crippen molar-refractivity contribution in [2.45, 2.75) is 31.9 Å². The molecule has 1 aromatic rings. The number of halogens is 1. The highest BCUT2D eigenvalue weighted by Crippen LogP contribution is 2.23. The van der Waals surface area contributed by atoms with Crippen LogP contribution in [-0.2, 0) is 16.0 Å². The standard InChI is InChI=1S/C18H29N3O2.HI/c1-15-5-7-16(8-6-15)13-21(3)17(19-2)20-14-18(22-4)9-11-23-12-10-18;/h5-8H,9-14H2,1-4H3,(H,19,20);1H. The van der Waals surface area contributed by atoms with Gasteiger partial charge >= 0.3 is 0 Å². The average Bonchev–Trinajstić information content (AvgIpc) is 2.58. The van der Waals surface area contributed by atoms with Gasteiger partial charge in [-0.25, -0.2) is 0 Å². The third-order valence-corrected chi connectivity index (χ3v) is 4.52. The van der Waals surface area contributed by atoms with Crippen molar-refractivity contribution in [2.75, 3.05) is 41.0 Å². The summed E-state index contributed by atoms with van der Waals surface area (Å²) in [5, 5.41) is 3.46. The maximum Gasteiger partial charge on any atom is 0.193 e. The minimum atomic E-state index is -0.154. The molecule has 0 radical (unpaired) electrons. The Balaban J connectivity index is 0.00000288. The summed E-state index contributed by atoms with van der Waals surface area (Å²) in [4.78, 5) is 6.53. The first-order valence-electron chi connectivity index (χ1n) is 8.19. The van der Waals surface area contributed by atoms with Crippen LogP contribution in [0.5, 0.6) is 0 Å². The highest BCUT2D eigenvalue weighted by Gasteiger charge is 2.32. The number of ether oxygens (including phenoxy) is 2.